The molecular formula is C6H7ClF2O. The van der Waals surface area contributed by atoms with E-state index in [1.54, 1.807) is 0 Å². The predicted molar refractivity (Wildman–Crippen MR) is 35.2 cm³/mol. The van der Waals surface area contributed by atoms with Crippen molar-refractivity contribution in [3.8, 4) is 0 Å². The van der Waals surface area contributed by atoms with Gasteiger partial charge >= 0.3 is 0 Å². The minimum absolute atomic E-state index is 0.259. The van der Waals surface area contributed by atoms with Gasteiger partial charge in [-0.2, -0.15) is 0 Å². The van der Waals surface area contributed by atoms with Crippen LogP contribution in [0.15, 0.2) is 11.1 Å². The van der Waals surface area contributed by atoms with E-state index in [9.17, 15) is 13.6 Å². The molecule has 0 radical (unpaired) electrons. The molecule has 1 nitrogen and oxygen atoms in total. The standard InChI is InChI=1S/C6H7ClF2O/c1-3(2)4(5(7)10)6(8)9/h6H,1-2H3. The zero-order chi connectivity index (χ0) is 8.31. The molecule has 0 atom stereocenters. The van der Waals surface area contributed by atoms with Crippen molar-refractivity contribution >= 4 is 16.8 Å². The topological polar surface area (TPSA) is 17.1 Å². The average Bonchev–Trinajstić information content (AvgIpc) is 1.59. The van der Waals surface area contributed by atoms with Gasteiger partial charge in [0.15, 0.2) is 0 Å². The predicted octanol–water partition coefficient (Wildman–Crippen LogP) is 2.35. The number of carbonyl (C=O) groups excluding carboxylic acids is 1. The first-order valence-electron chi connectivity index (χ1n) is 2.62. The first-order chi connectivity index (χ1) is 4.46. The third-order valence-corrected chi connectivity index (χ3v) is 1.17. The van der Waals surface area contributed by atoms with Crippen molar-refractivity contribution in [1.29, 1.82) is 0 Å². The number of carbonyl (C=O) groups is 1. The van der Waals surface area contributed by atoms with Gasteiger partial charge in [-0.25, -0.2) is 8.78 Å². The second-order valence-electron chi connectivity index (χ2n) is 1.99. The van der Waals surface area contributed by atoms with Gasteiger partial charge in [0, 0.05) is 0 Å². The summed E-state index contributed by atoms with van der Waals surface area (Å²) in [6.07, 6.45) is -2.77. The SMILES string of the molecule is CC(C)=C(C(=O)Cl)C(F)F. The summed E-state index contributed by atoms with van der Waals surface area (Å²) < 4.78 is 23.7. The molecule has 4 heteroatoms. The summed E-state index contributed by atoms with van der Waals surface area (Å²) in [5.74, 6) is 0. The summed E-state index contributed by atoms with van der Waals surface area (Å²) in [6, 6.07) is 0. The minimum Gasteiger partial charge on any atom is -0.276 e. The van der Waals surface area contributed by atoms with Gasteiger partial charge in [-0.1, -0.05) is 5.57 Å². The van der Waals surface area contributed by atoms with Crippen LogP contribution in [0, 0.1) is 0 Å². The summed E-state index contributed by atoms with van der Waals surface area (Å²) in [6.45, 7) is 2.84. The Morgan fingerprint density at radius 2 is 1.80 bits per heavy atom. The number of rotatable bonds is 2. The number of allylic oxidation sites excluding steroid dienone is 2. The van der Waals surface area contributed by atoms with Crippen LogP contribution in [-0.4, -0.2) is 11.7 Å². The number of hydrogen-bond acceptors (Lipinski definition) is 1. The van der Waals surface area contributed by atoms with Crippen LogP contribution in [0.4, 0.5) is 8.78 Å². The van der Waals surface area contributed by atoms with E-state index >= 15 is 0 Å². The van der Waals surface area contributed by atoms with Crippen LogP contribution in [0.3, 0.4) is 0 Å². The molecule has 0 aliphatic rings. The fraction of sp³-hybridized carbons (Fsp3) is 0.500. The van der Waals surface area contributed by atoms with E-state index in [-0.39, 0.29) is 5.57 Å². The van der Waals surface area contributed by atoms with Crippen molar-refractivity contribution in [1.82, 2.24) is 0 Å². The summed E-state index contributed by atoms with van der Waals surface area (Å²) in [7, 11) is 0. The van der Waals surface area contributed by atoms with Gasteiger partial charge in [-0.15, -0.1) is 0 Å². The lowest BCUT2D eigenvalue weighted by molar-refractivity contribution is -0.109. The van der Waals surface area contributed by atoms with E-state index < -0.39 is 17.2 Å². The highest BCUT2D eigenvalue weighted by molar-refractivity contribution is 6.67. The maximum atomic E-state index is 11.8. The van der Waals surface area contributed by atoms with Crippen molar-refractivity contribution in [2.24, 2.45) is 0 Å². The molecule has 58 valence electrons. The van der Waals surface area contributed by atoms with E-state index in [0.29, 0.717) is 0 Å². The van der Waals surface area contributed by atoms with Crippen LogP contribution in [0.25, 0.3) is 0 Å². The normalized spacial score (nSPS) is 9.80. The van der Waals surface area contributed by atoms with Crippen molar-refractivity contribution in [2.75, 3.05) is 0 Å². The molecule has 0 amide bonds. The third kappa shape index (κ3) is 2.43. The van der Waals surface area contributed by atoms with Crippen molar-refractivity contribution < 1.29 is 13.6 Å². The third-order valence-electron chi connectivity index (χ3n) is 0.969. The second kappa shape index (κ2) is 3.66. The largest absolute Gasteiger partial charge is 0.276 e. The van der Waals surface area contributed by atoms with Gasteiger partial charge in [0.2, 0.25) is 0 Å². The Morgan fingerprint density at radius 1 is 1.40 bits per heavy atom. The summed E-state index contributed by atoms with van der Waals surface area (Å²) in [5, 5.41) is -1.07. The Kier molecular flexibility index (Phi) is 3.50. The molecule has 0 aromatic rings. The van der Waals surface area contributed by atoms with E-state index in [1.807, 2.05) is 0 Å². The maximum absolute atomic E-state index is 11.8. The smallest absolute Gasteiger partial charge is 0.268 e. The quantitative estimate of drug-likeness (QED) is 0.457. The highest BCUT2D eigenvalue weighted by Gasteiger charge is 2.18. The maximum Gasteiger partial charge on any atom is 0.268 e. The first-order valence-corrected chi connectivity index (χ1v) is 3.00. The fourth-order valence-electron chi connectivity index (χ4n) is 0.501. The number of halogens is 3. The summed E-state index contributed by atoms with van der Waals surface area (Å²) in [5.41, 5.74) is -0.336. The molecule has 0 bridgehead atoms. The van der Waals surface area contributed by atoms with Crippen molar-refractivity contribution in [2.45, 2.75) is 20.3 Å². The molecule has 0 aromatic heterocycles. The van der Waals surface area contributed by atoms with Crippen LogP contribution in [0.2, 0.25) is 0 Å². The average molecular weight is 169 g/mol. The lowest BCUT2D eigenvalue weighted by Gasteiger charge is -2.01. The Balaban J connectivity index is 4.61. The van der Waals surface area contributed by atoms with Gasteiger partial charge in [0.05, 0.1) is 5.57 Å². The summed E-state index contributed by atoms with van der Waals surface area (Å²) >= 11 is 4.86. The fourth-order valence-corrected chi connectivity index (χ4v) is 0.772. The van der Waals surface area contributed by atoms with Crippen molar-refractivity contribution in [3.05, 3.63) is 11.1 Å². The Labute approximate surface area is 62.7 Å². The van der Waals surface area contributed by atoms with Gasteiger partial charge in [-0.05, 0) is 25.4 Å². The van der Waals surface area contributed by atoms with E-state index in [2.05, 4.69) is 0 Å². The van der Waals surface area contributed by atoms with Gasteiger partial charge in [-0.3, -0.25) is 4.79 Å². The lowest BCUT2D eigenvalue weighted by Crippen LogP contribution is -2.05. The van der Waals surface area contributed by atoms with Gasteiger partial charge < -0.3 is 0 Å². The molecule has 0 rings (SSSR count). The van der Waals surface area contributed by atoms with E-state index in [4.69, 9.17) is 11.6 Å². The molecule has 0 fully saturated rings. The molecule has 0 spiro atoms. The zero-order valence-electron chi connectivity index (χ0n) is 5.62. The highest BCUT2D eigenvalue weighted by atomic mass is 35.5. The van der Waals surface area contributed by atoms with Crippen LogP contribution in [-0.2, 0) is 4.79 Å². The van der Waals surface area contributed by atoms with Crippen molar-refractivity contribution in [3.63, 3.8) is 0 Å². The molecule has 0 saturated carbocycles. The van der Waals surface area contributed by atoms with Crippen LogP contribution < -0.4 is 0 Å². The Morgan fingerprint density at radius 3 is 1.80 bits per heavy atom. The Hall–Kier alpha value is -0.440. The molecule has 0 heterocycles. The zero-order valence-corrected chi connectivity index (χ0v) is 6.38. The van der Waals surface area contributed by atoms with Crippen LogP contribution in [0.5, 0.6) is 0 Å². The van der Waals surface area contributed by atoms with Crippen LogP contribution >= 0.6 is 11.6 Å². The lowest BCUT2D eigenvalue weighted by atomic mass is 10.2. The van der Waals surface area contributed by atoms with Gasteiger partial charge in [0.1, 0.15) is 0 Å². The minimum atomic E-state index is -2.77. The highest BCUT2D eigenvalue weighted by Crippen LogP contribution is 2.15. The molecule has 0 unspecified atom stereocenters. The van der Waals surface area contributed by atoms with E-state index in [0.717, 1.165) is 0 Å². The molecule has 0 N–H and O–H groups in total. The monoisotopic (exact) mass is 168 g/mol. The van der Waals surface area contributed by atoms with E-state index in [1.165, 1.54) is 13.8 Å². The molecule has 0 aliphatic carbocycles. The molecular weight excluding hydrogens is 162 g/mol. The first kappa shape index (κ1) is 9.56. The molecule has 0 aliphatic heterocycles. The molecule has 0 saturated heterocycles. The second-order valence-corrected chi connectivity index (χ2v) is 2.33. The number of alkyl halides is 2. The van der Waals surface area contributed by atoms with Gasteiger partial charge in [0.25, 0.3) is 11.7 Å². The summed E-state index contributed by atoms with van der Waals surface area (Å²) in [4.78, 5) is 10.3. The molecule has 10 heavy (non-hydrogen) atoms. The van der Waals surface area contributed by atoms with Crippen LogP contribution in [0.1, 0.15) is 13.8 Å². The molecule has 0 aromatic carbocycles. The number of hydrogen-bond donors (Lipinski definition) is 0. The Bertz CT molecular complexity index is 171.